The minimum Gasteiger partial charge on any atom is -0.316 e. The van der Waals surface area contributed by atoms with Crippen LogP contribution in [0.1, 0.15) is 65.0 Å². The molecular weight excluding hydrogens is 1340 g/mol. The summed E-state index contributed by atoms with van der Waals surface area (Å²) in [5, 5.41) is 0. The van der Waals surface area contributed by atoms with E-state index >= 15 is 0 Å². The van der Waals surface area contributed by atoms with Crippen LogP contribution < -0.4 is 0 Å². The summed E-state index contributed by atoms with van der Waals surface area (Å²) in [5.74, 6) is 0. The minimum atomic E-state index is 0. The maximum Gasteiger partial charge on any atom is 0.124 e. The molecule has 2 saturated heterocycles. The summed E-state index contributed by atoms with van der Waals surface area (Å²) in [6.07, 6.45) is 7.77. The second kappa shape index (κ2) is 42.7. The molecule has 2 aromatic carbocycles. The van der Waals surface area contributed by atoms with Crippen LogP contribution in [0.3, 0.4) is 0 Å². The fourth-order valence-electron chi connectivity index (χ4n) is 3.70. The van der Waals surface area contributed by atoms with Crippen LogP contribution in [0, 0.1) is 4.43 Å². The number of hydrogen-bond donors (Lipinski definition) is 0. The van der Waals surface area contributed by atoms with Crippen LogP contribution in [0.5, 0.6) is 0 Å². The Morgan fingerprint density at radius 3 is 1.10 bits per heavy atom. The number of alkyl halides is 5. The van der Waals surface area contributed by atoms with E-state index in [1.165, 1.54) is 82.7 Å². The maximum absolute atomic E-state index is 2.52. The molecule has 12 heteroatoms. The molecule has 0 amide bonds. The summed E-state index contributed by atoms with van der Waals surface area (Å²) in [6.45, 7) is 22.3. The molecule has 2 heterocycles. The van der Waals surface area contributed by atoms with E-state index in [9.17, 15) is 0 Å². The zero-order valence-corrected chi connectivity index (χ0v) is 46.7. The molecule has 0 N–H and O–H groups in total. The van der Waals surface area contributed by atoms with Gasteiger partial charge in [-0.2, -0.15) is 18.2 Å². The van der Waals surface area contributed by atoms with Gasteiger partial charge in [0.2, 0.25) is 0 Å². The van der Waals surface area contributed by atoms with Crippen molar-refractivity contribution in [1.29, 1.82) is 0 Å². The fourth-order valence-corrected chi connectivity index (χ4v) is 3.70. The normalized spacial score (nSPS) is 14.9. The Kier molecular flexibility index (Phi) is 51.7. The van der Waals surface area contributed by atoms with Gasteiger partial charge in [0, 0.05) is 84.0 Å². The maximum atomic E-state index is 2.52. The van der Waals surface area contributed by atoms with E-state index in [-0.39, 0.29) is 18.6 Å². The molecule has 4 rings (SSSR count). The summed E-state index contributed by atoms with van der Waals surface area (Å²) < 4.78 is 3.37. The fraction of sp³-hybridized carbons (Fsp3) is 0.649. The molecule has 0 saturated carbocycles. The van der Waals surface area contributed by atoms with E-state index < -0.39 is 0 Å². The molecule has 0 bridgehead atoms. The monoisotopic (exact) mass is 1410 g/mol. The van der Waals surface area contributed by atoms with E-state index in [2.05, 4.69) is 255 Å². The first-order valence-corrected chi connectivity index (χ1v) is 25.5. The first-order chi connectivity index (χ1) is 22.8. The van der Waals surface area contributed by atoms with E-state index in [4.69, 9.17) is 0 Å². The molecule has 4 nitrogen and oxygen atoms in total. The summed E-state index contributed by atoms with van der Waals surface area (Å²) in [7, 11) is 4.39. The van der Waals surface area contributed by atoms with Crippen molar-refractivity contribution in [3.63, 3.8) is 0 Å². The molecule has 2 fully saturated rings. The van der Waals surface area contributed by atoms with Crippen molar-refractivity contribution in [2.45, 2.75) is 68.3 Å². The number of benzene rings is 2. The third-order valence-electron chi connectivity index (χ3n) is 6.55. The van der Waals surface area contributed by atoms with Crippen molar-refractivity contribution < 1.29 is 18.6 Å². The summed E-state index contributed by atoms with van der Waals surface area (Å²) >= 11 is 16.0. The molecule has 0 atom stereocenters. The van der Waals surface area contributed by atoms with Crippen molar-refractivity contribution in [3.05, 3.63) is 76.2 Å². The van der Waals surface area contributed by atoms with Gasteiger partial charge in [-0.05, 0) is 50.6 Å². The number of piperazine rings is 2. The molecule has 287 valence electrons. The first-order valence-electron chi connectivity index (χ1n) is 16.9. The standard InChI is InChI=1S/2C12H18N2.C3H5I3.C3H6I2.C3H6I.C2H6S.C2H6.V/c2*1-13-7-9-14(10-8-13)11-12-5-3-2-4-6-12;1-2-3(4,5)6;1-2-3(4)5;1-2-3-4;1-3-2;1-2;/h2*2-6H,7-11H2,1H3;2H2,1H3;3H,2H2,1H3;3H,2H2,1H3;1-2H3;1-2H3;/q;;;;-1;;;. The van der Waals surface area contributed by atoms with Crippen LogP contribution in [0.2, 0.25) is 0 Å². The van der Waals surface area contributed by atoms with Crippen molar-refractivity contribution in [2.24, 2.45) is 0 Å². The third-order valence-corrected chi connectivity index (χ3v) is 11.5. The van der Waals surface area contributed by atoms with Crippen molar-refractivity contribution in [1.82, 2.24) is 19.6 Å². The van der Waals surface area contributed by atoms with Crippen molar-refractivity contribution in [2.75, 3.05) is 79.0 Å². The van der Waals surface area contributed by atoms with Gasteiger partial charge in [0.1, 0.15) is -0.565 Å². The molecule has 49 heavy (non-hydrogen) atoms. The zero-order chi connectivity index (χ0) is 37.2. The van der Waals surface area contributed by atoms with Crippen LogP contribution >= 0.6 is 147 Å². The average molecular weight is 1410 g/mol. The van der Waals surface area contributed by atoms with Crippen LogP contribution in [-0.4, -0.2) is 99.9 Å². The number of halogens is 6. The second-order valence-corrected chi connectivity index (χ2v) is 29.7. The van der Waals surface area contributed by atoms with E-state index in [0.29, 0.717) is -0.565 Å². The topological polar surface area (TPSA) is 13.0 Å². The molecule has 2 aliphatic rings. The molecule has 0 spiro atoms. The van der Waals surface area contributed by atoms with Gasteiger partial charge >= 0.3 is 0 Å². The molecule has 2 aliphatic heterocycles. The largest absolute Gasteiger partial charge is 0.316 e. The molecule has 0 aliphatic carbocycles. The number of rotatable bonds is 7. The van der Waals surface area contributed by atoms with E-state index in [1.54, 1.807) is 11.8 Å². The Balaban J connectivity index is -0.000000269. The first kappa shape index (κ1) is 59.3. The van der Waals surface area contributed by atoms with Crippen LogP contribution in [-0.2, 0) is 31.6 Å². The van der Waals surface area contributed by atoms with Gasteiger partial charge in [-0.25, -0.2) is 0 Å². The van der Waals surface area contributed by atoms with Gasteiger partial charge in [0.15, 0.2) is 0 Å². The molecule has 0 unspecified atom stereocenters. The van der Waals surface area contributed by atoms with Crippen LogP contribution in [0.15, 0.2) is 60.7 Å². The summed E-state index contributed by atoms with van der Waals surface area (Å²) in [5.41, 5.74) is 2.86. The predicted octanol–water partition coefficient (Wildman–Crippen LogP) is 12.8. The molecule has 2 aromatic rings. The Morgan fingerprint density at radius 1 is 0.673 bits per heavy atom. The Labute approximate surface area is 402 Å². The van der Waals surface area contributed by atoms with Gasteiger partial charge < -0.3 is 32.4 Å². The second-order valence-electron chi connectivity index (χ2n) is 10.9. The average Bonchev–Trinajstić information content (AvgIpc) is 3.10. The van der Waals surface area contributed by atoms with Crippen molar-refractivity contribution >= 4 is 147 Å². The number of hydrogen-bond acceptors (Lipinski definition) is 5. The van der Waals surface area contributed by atoms with Crippen LogP contribution in [0.25, 0.3) is 0 Å². The van der Waals surface area contributed by atoms with Crippen molar-refractivity contribution in [3.8, 4) is 0 Å². The summed E-state index contributed by atoms with van der Waals surface area (Å²) in [4.78, 5) is 9.83. The van der Waals surface area contributed by atoms with E-state index in [0.717, 1.165) is 15.0 Å². The Hall–Kier alpha value is 3.59. The van der Waals surface area contributed by atoms with Crippen LogP contribution in [0.4, 0.5) is 0 Å². The quantitative estimate of drug-likeness (QED) is 0.155. The summed E-state index contributed by atoms with van der Waals surface area (Å²) in [6, 6.07) is 21.4. The van der Waals surface area contributed by atoms with Gasteiger partial charge in [-0.1, -0.05) is 208 Å². The zero-order valence-electron chi connectivity index (χ0n) is 31.5. The number of nitrogens with zero attached hydrogens (tertiary/aromatic N) is 4. The minimum absolute atomic E-state index is 0. The number of likely N-dealkylation sites (N-methyl/N-ethyl adjacent to an activating group) is 2. The Bertz CT molecular complexity index is 824. The van der Waals surface area contributed by atoms with Gasteiger partial charge in [0.25, 0.3) is 0 Å². The molecule has 0 aromatic heterocycles. The Morgan fingerprint density at radius 2 is 0.918 bits per heavy atom. The third kappa shape index (κ3) is 44.2. The van der Waals surface area contributed by atoms with Gasteiger partial charge in [-0.3, -0.25) is 14.2 Å². The predicted molar refractivity (Wildman–Crippen MR) is 275 cm³/mol. The van der Waals surface area contributed by atoms with E-state index in [1.807, 2.05) is 26.4 Å². The SMILES string of the molecule is CC.CCC(I)(I)I.CCC(I)I.CC[CH-]I.CN1CCN(Cc2ccccc2)CC1.CN1CCN(Cc2ccccc2)CC1.CSC.[V]. The van der Waals surface area contributed by atoms with Gasteiger partial charge in [-0.15, -0.1) is 0 Å². The molecular formula is C37H65I6N4SV-. The smallest absolute Gasteiger partial charge is 0.124 e. The van der Waals surface area contributed by atoms with Gasteiger partial charge in [0.05, 0.1) is 1.93 Å². The number of thioether (sulfide) groups is 1. The molecule has 1 radical (unpaired) electrons.